The number of carbonyl (C=O) groups excluding carboxylic acids is 1. The van der Waals surface area contributed by atoms with Gasteiger partial charge < -0.3 is 11.5 Å². The molecular weight excluding hydrogens is 234 g/mol. The maximum atomic E-state index is 11.0. The summed E-state index contributed by atoms with van der Waals surface area (Å²) in [4.78, 5) is 15.2. The Kier molecular flexibility index (Phi) is 3.00. The van der Waals surface area contributed by atoms with Gasteiger partial charge in [-0.25, -0.2) is 9.67 Å². The fourth-order valence-electron chi connectivity index (χ4n) is 1.67. The van der Waals surface area contributed by atoms with Crippen molar-refractivity contribution in [2.24, 2.45) is 5.73 Å². The van der Waals surface area contributed by atoms with E-state index in [4.69, 9.17) is 11.5 Å². The molecule has 0 fully saturated rings. The number of nitrogens with two attached hydrogens (primary N) is 2. The fourth-order valence-corrected chi connectivity index (χ4v) is 1.67. The number of hydrogen-bond donors (Lipinski definition) is 2. The molecule has 4 N–H and O–H groups in total. The van der Waals surface area contributed by atoms with Crippen molar-refractivity contribution in [1.29, 1.82) is 0 Å². The highest BCUT2D eigenvalue weighted by Crippen LogP contribution is 2.11. The van der Waals surface area contributed by atoms with Gasteiger partial charge in [-0.3, -0.25) is 9.48 Å². The summed E-state index contributed by atoms with van der Waals surface area (Å²) in [5.41, 5.74) is 11.1. The number of hydrogen-bond acceptors (Lipinski definition) is 5. The van der Waals surface area contributed by atoms with Crippen LogP contribution in [0.2, 0.25) is 0 Å². The largest absolute Gasteiger partial charge is 0.396 e. The van der Waals surface area contributed by atoms with Crippen LogP contribution in [0.4, 0.5) is 5.69 Å². The van der Waals surface area contributed by atoms with Crippen molar-refractivity contribution >= 4 is 11.6 Å². The van der Waals surface area contributed by atoms with Crippen LogP contribution in [0.15, 0.2) is 12.5 Å². The summed E-state index contributed by atoms with van der Waals surface area (Å²) in [5.74, 6) is 0.0973. The monoisotopic (exact) mass is 249 g/mol. The number of carbonyl (C=O) groups is 1. The SMILES string of the molecule is CC(C)n1ncnc1Cn1cc(N)c(C(N)=O)n1. The first kappa shape index (κ1) is 12.1. The minimum atomic E-state index is -0.642. The van der Waals surface area contributed by atoms with Gasteiger partial charge in [0.2, 0.25) is 0 Å². The average Bonchev–Trinajstić information content (AvgIpc) is 2.85. The zero-order chi connectivity index (χ0) is 13.3. The van der Waals surface area contributed by atoms with E-state index in [0.717, 1.165) is 5.82 Å². The molecule has 8 heteroatoms. The predicted octanol–water partition coefficient (Wildman–Crippen LogP) is -0.215. The standard InChI is InChI=1S/C10H15N7O/c1-6(2)17-8(13-5-14-17)4-16-3-7(11)9(15-16)10(12)18/h3,5-6H,4,11H2,1-2H3,(H2,12,18). The third-order valence-electron chi connectivity index (χ3n) is 2.46. The van der Waals surface area contributed by atoms with E-state index in [1.54, 1.807) is 10.9 Å². The van der Waals surface area contributed by atoms with Crippen molar-refractivity contribution in [2.75, 3.05) is 5.73 Å². The molecule has 0 atom stereocenters. The Morgan fingerprint density at radius 1 is 1.50 bits per heavy atom. The summed E-state index contributed by atoms with van der Waals surface area (Å²) in [6.07, 6.45) is 3.04. The Morgan fingerprint density at radius 3 is 2.78 bits per heavy atom. The molecule has 18 heavy (non-hydrogen) atoms. The van der Waals surface area contributed by atoms with Crippen LogP contribution in [0.5, 0.6) is 0 Å². The molecule has 0 spiro atoms. The third-order valence-corrected chi connectivity index (χ3v) is 2.46. The molecule has 8 nitrogen and oxygen atoms in total. The summed E-state index contributed by atoms with van der Waals surface area (Å²) in [6.45, 7) is 4.39. The summed E-state index contributed by atoms with van der Waals surface area (Å²) < 4.78 is 3.31. The molecular formula is C10H15N7O. The molecule has 0 aliphatic rings. The van der Waals surface area contributed by atoms with E-state index in [1.165, 1.54) is 11.0 Å². The summed E-state index contributed by atoms with van der Waals surface area (Å²) in [5, 5.41) is 8.14. The Labute approximate surface area is 104 Å². The van der Waals surface area contributed by atoms with Crippen LogP contribution in [-0.2, 0) is 6.54 Å². The third kappa shape index (κ3) is 2.17. The van der Waals surface area contributed by atoms with Gasteiger partial charge in [0.05, 0.1) is 5.69 Å². The van der Waals surface area contributed by atoms with Crippen molar-refractivity contribution in [3.05, 3.63) is 24.0 Å². The van der Waals surface area contributed by atoms with E-state index in [9.17, 15) is 4.79 Å². The Morgan fingerprint density at radius 2 is 2.22 bits per heavy atom. The van der Waals surface area contributed by atoms with Crippen molar-refractivity contribution in [2.45, 2.75) is 26.4 Å². The molecule has 0 radical (unpaired) electrons. The van der Waals surface area contributed by atoms with Gasteiger partial charge in [-0.05, 0) is 13.8 Å². The van der Waals surface area contributed by atoms with Crippen LogP contribution in [0.1, 0.15) is 36.2 Å². The number of nitrogens with zero attached hydrogens (tertiary/aromatic N) is 5. The van der Waals surface area contributed by atoms with Gasteiger partial charge in [0.15, 0.2) is 5.69 Å². The molecule has 2 aromatic rings. The zero-order valence-corrected chi connectivity index (χ0v) is 10.2. The number of aromatic nitrogens is 5. The van der Waals surface area contributed by atoms with E-state index < -0.39 is 5.91 Å². The van der Waals surface area contributed by atoms with Crippen LogP contribution in [0, 0.1) is 0 Å². The minimum absolute atomic E-state index is 0.0746. The van der Waals surface area contributed by atoms with Gasteiger partial charge in [0.1, 0.15) is 18.7 Å². The van der Waals surface area contributed by atoms with Crippen molar-refractivity contribution in [1.82, 2.24) is 24.5 Å². The van der Waals surface area contributed by atoms with Crippen LogP contribution >= 0.6 is 0 Å². The lowest BCUT2D eigenvalue weighted by atomic mass is 10.4. The minimum Gasteiger partial charge on any atom is -0.396 e. The summed E-state index contributed by atoms with van der Waals surface area (Å²) in [7, 11) is 0. The summed E-state index contributed by atoms with van der Waals surface area (Å²) >= 11 is 0. The second kappa shape index (κ2) is 4.47. The fraction of sp³-hybridized carbons (Fsp3) is 0.400. The second-order valence-electron chi connectivity index (χ2n) is 4.21. The van der Waals surface area contributed by atoms with Gasteiger partial charge in [-0.15, -0.1) is 0 Å². The molecule has 2 heterocycles. The normalized spacial score (nSPS) is 11.1. The molecule has 0 aliphatic heterocycles. The predicted molar refractivity (Wildman–Crippen MR) is 64.7 cm³/mol. The van der Waals surface area contributed by atoms with E-state index in [1.807, 2.05) is 13.8 Å². The molecule has 1 amide bonds. The Bertz CT molecular complexity index is 569. The highest BCUT2D eigenvalue weighted by atomic mass is 16.1. The second-order valence-corrected chi connectivity index (χ2v) is 4.21. The molecule has 0 saturated carbocycles. The zero-order valence-electron chi connectivity index (χ0n) is 10.2. The van der Waals surface area contributed by atoms with Gasteiger partial charge in [-0.2, -0.15) is 10.2 Å². The maximum Gasteiger partial charge on any atom is 0.271 e. The lowest BCUT2D eigenvalue weighted by molar-refractivity contribution is 0.0995. The van der Waals surface area contributed by atoms with Crippen molar-refractivity contribution in [3.63, 3.8) is 0 Å². The maximum absolute atomic E-state index is 11.0. The number of nitrogen functional groups attached to an aromatic ring is 1. The number of rotatable bonds is 4. The lowest BCUT2D eigenvalue weighted by Gasteiger charge is -2.08. The first-order chi connectivity index (χ1) is 8.49. The highest BCUT2D eigenvalue weighted by molar-refractivity contribution is 5.95. The quantitative estimate of drug-likeness (QED) is 0.777. The van der Waals surface area contributed by atoms with E-state index in [-0.39, 0.29) is 17.4 Å². The molecule has 2 aromatic heterocycles. The Hall–Kier alpha value is -2.38. The first-order valence-corrected chi connectivity index (χ1v) is 5.50. The van der Waals surface area contributed by atoms with Crippen molar-refractivity contribution < 1.29 is 4.79 Å². The Balaban J connectivity index is 2.26. The van der Waals surface area contributed by atoms with E-state index in [0.29, 0.717) is 6.54 Å². The van der Waals surface area contributed by atoms with Gasteiger partial charge >= 0.3 is 0 Å². The number of primary amides is 1. The van der Waals surface area contributed by atoms with E-state index >= 15 is 0 Å². The van der Waals surface area contributed by atoms with Crippen LogP contribution in [0.25, 0.3) is 0 Å². The van der Waals surface area contributed by atoms with E-state index in [2.05, 4.69) is 15.2 Å². The lowest BCUT2D eigenvalue weighted by Crippen LogP contribution is -2.15. The van der Waals surface area contributed by atoms with Gasteiger partial charge in [0, 0.05) is 12.2 Å². The molecule has 2 rings (SSSR count). The molecule has 96 valence electrons. The average molecular weight is 249 g/mol. The molecule has 0 bridgehead atoms. The highest BCUT2D eigenvalue weighted by Gasteiger charge is 2.14. The summed E-state index contributed by atoms with van der Waals surface area (Å²) in [6, 6.07) is 0.200. The topological polar surface area (TPSA) is 118 Å². The molecule has 0 saturated heterocycles. The molecule has 0 aliphatic carbocycles. The van der Waals surface area contributed by atoms with Gasteiger partial charge in [0.25, 0.3) is 5.91 Å². The van der Waals surface area contributed by atoms with Crippen LogP contribution in [0.3, 0.4) is 0 Å². The first-order valence-electron chi connectivity index (χ1n) is 5.50. The smallest absolute Gasteiger partial charge is 0.271 e. The molecule has 0 unspecified atom stereocenters. The van der Waals surface area contributed by atoms with Crippen LogP contribution < -0.4 is 11.5 Å². The molecule has 0 aromatic carbocycles. The van der Waals surface area contributed by atoms with Gasteiger partial charge in [-0.1, -0.05) is 0 Å². The number of amides is 1. The van der Waals surface area contributed by atoms with Crippen molar-refractivity contribution in [3.8, 4) is 0 Å². The number of anilines is 1. The van der Waals surface area contributed by atoms with Crippen LogP contribution in [-0.4, -0.2) is 30.5 Å².